The van der Waals surface area contributed by atoms with Gasteiger partial charge in [-0.2, -0.15) is 0 Å². The fraction of sp³-hybridized carbons (Fsp3) is 0.179. The van der Waals surface area contributed by atoms with Crippen molar-refractivity contribution in [3.63, 3.8) is 0 Å². The molecule has 0 saturated carbocycles. The highest BCUT2D eigenvalue weighted by Crippen LogP contribution is 2.41. The number of hydrogen-bond acceptors (Lipinski definition) is 3. The summed E-state index contributed by atoms with van der Waals surface area (Å²) in [6, 6.07) is 24.8. The maximum Gasteiger partial charge on any atom is 0.244 e. The molecule has 0 aliphatic carbocycles. The summed E-state index contributed by atoms with van der Waals surface area (Å²) in [6.45, 7) is 4.26. The summed E-state index contributed by atoms with van der Waals surface area (Å²) in [7, 11) is 0. The Hall–Kier alpha value is -3.68. The minimum absolute atomic E-state index is 0.107. The maximum atomic E-state index is 13.1. The van der Waals surface area contributed by atoms with Crippen LogP contribution in [0.5, 0.6) is 0 Å². The van der Waals surface area contributed by atoms with Crippen molar-refractivity contribution >= 4 is 40.5 Å². The van der Waals surface area contributed by atoms with Crippen molar-refractivity contribution in [1.29, 1.82) is 0 Å². The molecule has 1 amide bonds. The third-order valence-electron chi connectivity index (χ3n) is 6.42. The Balaban J connectivity index is 1.54. The molecule has 1 saturated heterocycles. The lowest BCUT2D eigenvalue weighted by atomic mass is 9.96. The van der Waals surface area contributed by atoms with Crippen LogP contribution < -0.4 is 10.6 Å². The number of anilines is 1. The molecule has 1 fully saturated rings. The Morgan fingerprint density at radius 3 is 2.56 bits per heavy atom. The van der Waals surface area contributed by atoms with Gasteiger partial charge in [-0.1, -0.05) is 41.9 Å². The molecule has 2 unspecified atom stereocenters. The van der Waals surface area contributed by atoms with E-state index < -0.39 is 0 Å². The number of pyridine rings is 1. The smallest absolute Gasteiger partial charge is 0.244 e. The number of nitrogens with zero attached hydrogens (tertiary/aromatic N) is 3. The van der Waals surface area contributed by atoms with Crippen molar-refractivity contribution in [2.24, 2.45) is 0 Å². The standard InChI is InChI=1S/C28H26ClN5OS/c1-18-15-23(19(2)34(18)22-12-8-9-20(29)16-22)27-26(24-13-6-7-14-30-24)32-28(36)33(27)17-25(35)31-21-10-4-3-5-11-21/h3-16,26-27H,17H2,1-2H3,(H,31,35)(H,32,36). The molecule has 1 aliphatic rings. The molecule has 8 heteroatoms. The topological polar surface area (TPSA) is 62.2 Å². The molecule has 2 atom stereocenters. The Morgan fingerprint density at radius 1 is 1.06 bits per heavy atom. The van der Waals surface area contributed by atoms with E-state index in [4.69, 9.17) is 23.8 Å². The normalized spacial score (nSPS) is 17.2. The predicted molar refractivity (Wildman–Crippen MR) is 147 cm³/mol. The second-order valence-corrected chi connectivity index (χ2v) is 9.63. The zero-order chi connectivity index (χ0) is 25.2. The number of halogens is 1. The number of aryl methyl sites for hydroxylation is 1. The predicted octanol–water partition coefficient (Wildman–Crippen LogP) is 5.75. The van der Waals surface area contributed by atoms with Crippen LogP contribution in [0, 0.1) is 13.8 Å². The van der Waals surface area contributed by atoms with Crippen LogP contribution in [0.25, 0.3) is 5.69 Å². The van der Waals surface area contributed by atoms with Crippen LogP contribution in [-0.4, -0.2) is 32.0 Å². The zero-order valence-electron chi connectivity index (χ0n) is 20.0. The molecule has 36 heavy (non-hydrogen) atoms. The highest BCUT2D eigenvalue weighted by Gasteiger charge is 2.42. The monoisotopic (exact) mass is 515 g/mol. The molecule has 6 nitrogen and oxygen atoms in total. The number of thiocarbonyl (C=S) groups is 1. The Morgan fingerprint density at radius 2 is 1.83 bits per heavy atom. The minimum atomic E-state index is -0.229. The quantitative estimate of drug-likeness (QED) is 0.320. The van der Waals surface area contributed by atoms with E-state index in [0.29, 0.717) is 10.1 Å². The Bertz CT molecular complexity index is 1410. The summed E-state index contributed by atoms with van der Waals surface area (Å²) in [5.41, 5.74) is 5.79. The fourth-order valence-corrected chi connectivity index (χ4v) is 5.38. The summed E-state index contributed by atoms with van der Waals surface area (Å²) < 4.78 is 2.18. The number of para-hydroxylation sites is 1. The number of carbonyl (C=O) groups excluding carboxylic acids is 1. The summed E-state index contributed by atoms with van der Waals surface area (Å²) in [6.07, 6.45) is 1.77. The largest absolute Gasteiger partial charge is 0.352 e. The highest BCUT2D eigenvalue weighted by molar-refractivity contribution is 7.80. The van der Waals surface area contributed by atoms with Crippen molar-refractivity contribution in [3.05, 3.63) is 113 Å². The van der Waals surface area contributed by atoms with Crippen LogP contribution in [0.2, 0.25) is 5.02 Å². The van der Waals surface area contributed by atoms with Gasteiger partial charge in [0.2, 0.25) is 5.91 Å². The van der Waals surface area contributed by atoms with Gasteiger partial charge in [0, 0.05) is 34.0 Å². The van der Waals surface area contributed by atoms with E-state index in [1.54, 1.807) is 6.20 Å². The van der Waals surface area contributed by atoms with Crippen LogP contribution in [-0.2, 0) is 4.79 Å². The second-order valence-electron chi connectivity index (χ2n) is 8.81. The molecule has 0 bridgehead atoms. The van der Waals surface area contributed by atoms with Gasteiger partial charge in [0.05, 0.1) is 17.8 Å². The fourth-order valence-electron chi connectivity index (χ4n) is 4.89. The number of amides is 1. The van der Waals surface area contributed by atoms with Crippen molar-refractivity contribution < 1.29 is 4.79 Å². The van der Waals surface area contributed by atoms with Gasteiger partial charge in [0.15, 0.2) is 5.11 Å². The Labute approximate surface area is 220 Å². The van der Waals surface area contributed by atoms with Gasteiger partial charge < -0.3 is 20.1 Å². The highest BCUT2D eigenvalue weighted by atomic mass is 35.5. The van der Waals surface area contributed by atoms with Crippen molar-refractivity contribution in [2.45, 2.75) is 25.9 Å². The number of hydrogen-bond donors (Lipinski definition) is 2. The molecule has 3 heterocycles. The molecule has 4 aromatic rings. The summed E-state index contributed by atoms with van der Waals surface area (Å²) in [5, 5.41) is 7.60. The van der Waals surface area contributed by atoms with E-state index in [-0.39, 0.29) is 24.5 Å². The minimum Gasteiger partial charge on any atom is -0.352 e. The van der Waals surface area contributed by atoms with Gasteiger partial charge in [0.1, 0.15) is 6.54 Å². The van der Waals surface area contributed by atoms with Crippen molar-refractivity contribution in [1.82, 2.24) is 19.8 Å². The number of rotatable bonds is 6. The number of aromatic nitrogens is 2. The van der Waals surface area contributed by atoms with Gasteiger partial charge in [-0.25, -0.2) is 0 Å². The molecular formula is C28H26ClN5OS. The third kappa shape index (κ3) is 4.72. The van der Waals surface area contributed by atoms with Gasteiger partial charge in [-0.15, -0.1) is 0 Å². The first kappa shape index (κ1) is 24.0. The van der Waals surface area contributed by atoms with Crippen LogP contribution in [0.1, 0.15) is 34.7 Å². The van der Waals surface area contributed by atoms with E-state index in [1.165, 1.54) is 0 Å². The molecule has 0 radical (unpaired) electrons. The van der Waals surface area contributed by atoms with Gasteiger partial charge in [-0.3, -0.25) is 9.78 Å². The third-order valence-corrected chi connectivity index (χ3v) is 7.01. The summed E-state index contributed by atoms with van der Waals surface area (Å²) in [4.78, 5) is 19.6. The lowest BCUT2D eigenvalue weighted by Gasteiger charge is -2.27. The molecular weight excluding hydrogens is 490 g/mol. The van der Waals surface area contributed by atoms with Crippen LogP contribution in [0.4, 0.5) is 5.69 Å². The van der Waals surface area contributed by atoms with E-state index in [9.17, 15) is 4.79 Å². The van der Waals surface area contributed by atoms with Crippen LogP contribution in [0.15, 0.2) is 85.1 Å². The first-order chi connectivity index (χ1) is 17.4. The average molecular weight is 516 g/mol. The zero-order valence-corrected chi connectivity index (χ0v) is 21.6. The molecule has 2 N–H and O–H groups in total. The van der Waals surface area contributed by atoms with Crippen molar-refractivity contribution in [3.8, 4) is 5.69 Å². The average Bonchev–Trinajstić information content (AvgIpc) is 3.35. The molecule has 0 spiro atoms. The SMILES string of the molecule is Cc1cc(C2C(c3ccccn3)NC(=S)N2CC(=O)Nc2ccccc2)c(C)n1-c1cccc(Cl)c1. The molecule has 2 aromatic heterocycles. The maximum absolute atomic E-state index is 13.1. The van der Waals surface area contributed by atoms with Gasteiger partial charge in [0.25, 0.3) is 0 Å². The first-order valence-corrected chi connectivity index (χ1v) is 12.5. The van der Waals surface area contributed by atoms with Gasteiger partial charge >= 0.3 is 0 Å². The summed E-state index contributed by atoms with van der Waals surface area (Å²) >= 11 is 12.1. The first-order valence-electron chi connectivity index (χ1n) is 11.7. The molecule has 1 aliphatic heterocycles. The van der Waals surface area contributed by atoms with Gasteiger partial charge in [-0.05, 0) is 80.2 Å². The second kappa shape index (κ2) is 10.1. The lowest BCUT2D eigenvalue weighted by molar-refractivity contribution is -0.116. The van der Waals surface area contributed by atoms with E-state index in [0.717, 1.165) is 34.0 Å². The van der Waals surface area contributed by atoms with Crippen LogP contribution >= 0.6 is 23.8 Å². The Kier molecular flexibility index (Phi) is 6.76. The molecule has 2 aromatic carbocycles. The molecule has 182 valence electrons. The number of carbonyl (C=O) groups is 1. The lowest BCUT2D eigenvalue weighted by Crippen LogP contribution is -2.37. The van der Waals surface area contributed by atoms with Crippen molar-refractivity contribution in [2.75, 3.05) is 11.9 Å². The number of nitrogens with one attached hydrogen (secondary N) is 2. The van der Waals surface area contributed by atoms with Crippen LogP contribution in [0.3, 0.4) is 0 Å². The van der Waals surface area contributed by atoms with E-state index in [1.807, 2.05) is 77.7 Å². The number of benzene rings is 2. The molecule has 5 rings (SSSR count). The van der Waals surface area contributed by atoms with E-state index >= 15 is 0 Å². The summed E-state index contributed by atoms with van der Waals surface area (Å²) in [5.74, 6) is -0.138. The van der Waals surface area contributed by atoms with E-state index in [2.05, 4.69) is 40.1 Å².